The van der Waals surface area contributed by atoms with E-state index in [0.717, 1.165) is 12.8 Å². The summed E-state index contributed by atoms with van der Waals surface area (Å²) in [4.78, 5) is 2.07. The monoisotopic (exact) mass is 311 g/mol. The highest BCUT2D eigenvalue weighted by atomic mass is 32.2. The topological polar surface area (TPSA) is 82.2 Å². The minimum atomic E-state index is -3.49. The molecule has 1 fully saturated rings. The van der Waals surface area contributed by atoms with Crippen LogP contribution in [0.15, 0.2) is 17.3 Å². The molecule has 0 aliphatic carbocycles. The van der Waals surface area contributed by atoms with Gasteiger partial charge in [-0.15, -0.1) is 0 Å². The van der Waals surface area contributed by atoms with Gasteiger partial charge in [0.05, 0.1) is 18.3 Å². The second-order valence-electron chi connectivity index (χ2n) is 5.17. The Hall–Kier alpha value is -1.43. The Kier molecular flexibility index (Phi) is 4.98. The van der Waals surface area contributed by atoms with Crippen LogP contribution in [-0.2, 0) is 17.1 Å². The van der Waals surface area contributed by atoms with Gasteiger partial charge in [-0.05, 0) is 12.5 Å². The van der Waals surface area contributed by atoms with Crippen molar-refractivity contribution in [3.8, 4) is 6.07 Å². The number of hydrogen-bond acceptors (Lipinski definition) is 5. The van der Waals surface area contributed by atoms with E-state index < -0.39 is 10.0 Å². The zero-order chi connectivity index (χ0) is 15.5. The number of sulfonamides is 1. The van der Waals surface area contributed by atoms with Crippen LogP contribution in [0, 0.1) is 11.3 Å². The molecular weight excluding hydrogens is 290 g/mol. The van der Waals surface area contributed by atoms with Crippen LogP contribution in [0.5, 0.6) is 0 Å². The number of aromatic nitrogens is 2. The van der Waals surface area contributed by atoms with Crippen molar-refractivity contribution in [1.82, 2.24) is 19.0 Å². The molecule has 116 valence electrons. The van der Waals surface area contributed by atoms with Crippen LogP contribution in [0.4, 0.5) is 0 Å². The zero-order valence-electron chi connectivity index (χ0n) is 12.4. The fourth-order valence-corrected chi connectivity index (χ4v) is 4.13. The SMILES string of the molecule is CCCC(C#N)N1CCN(S(=O)(=O)c2ccnn2C)CC1. The molecule has 0 N–H and O–H groups in total. The quantitative estimate of drug-likeness (QED) is 0.787. The molecule has 21 heavy (non-hydrogen) atoms. The van der Waals surface area contributed by atoms with Crippen molar-refractivity contribution in [3.63, 3.8) is 0 Å². The van der Waals surface area contributed by atoms with Gasteiger partial charge in [-0.1, -0.05) is 13.3 Å². The maximum absolute atomic E-state index is 12.5. The molecule has 0 spiro atoms. The first kappa shape index (κ1) is 15.9. The van der Waals surface area contributed by atoms with Crippen LogP contribution in [-0.4, -0.2) is 59.6 Å². The third-order valence-electron chi connectivity index (χ3n) is 3.81. The summed E-state index contributed by atoms with van der Waals surface area (Å²) in [7, 11) is -1.87. The van der Waals surface area contributed by atoms with Gasteiger partial charge in [0.2, 0.25) is 0 Å². The van der Waals surface area contributed by atoms with Gasteiger partial charge in [0.1, 0.15) is 0 Å². The molecule has 1 aromatic rings. The highest BCUT2D eigenvalue weighted by Crippen LogP contribution is 2.18. The smallest absolute Gasteiger partial charge is 0.260 e. The van der Waals surface area contributed by atoms with Gasteiger partial charge >= 0.3 is 0 Å². The molecule has 0 radical (unpaired) electrons. The van der Waals surface area contributed by atoms with Crippen molar-refractivity contribution in [3.05, 3.63) is 12.3 Å². The predicted octanol–water partition coefficient (Wildman–Crippen LogP) is 0.419. The second-order valence-corrected chi connectivity index (χ2v) is 7.05. The van der Waals surface area contributed by atoms with Gasteiger partial charge in [-0.25, -0.2) is 8.42 Å². The number of rotatable bonds is 5. The Morgan fingerprint density at radius 1 is 1.38 bits per heavy atom. The van der Waals surface area contributed by atoms with Crippen molar-refractivity contribution in [2.45, 2.75) is 30.8 Å². The minimum absolute atomic E-state index is 0.114. The van der Waals surface area contributed by atoms with E-state index in [9.17, 15) is 13.7 Å². The third-order valence-corrected chi connectivity index (χ3v) is 5.78. The molecule has 1 aromatic heterocycles. The molecule has 2 heterocycles. The Bertz CT molecular complexity index is 611. The molecule has 8 heteroatoms. The van der Waals surface area contributed by atoms with Crippen molar-refractivity contribution in [1.29, 1.82) is 5.26 Å². The van der Waals surface area contributed by atoms with Gasteiger partial charge < -0.3 is 0 Å². The normalized spacial score (nSPS) is 19.3. The molecule has 1 aliphatic heterocycles. The molecule has 7 nitrogen and oxygen atoms in total. The van der Waals surface area contributed by atoms with Gasteiger partial charge in [-0.3, -0.25) is 9.58 Å². The van der Waals surface area contributed by atoms with E-state index in [-0.39, 0.29) is 11.1 Å². The lowest BCUT2D eigenvalue weighted by Gasteiger charge is -2.36. The van der Waals surface area contributed by atoms with E-state index in [1.807, 2.05) is 6.92 Å². The van der Waals surface area contributed by atoms with Crippen molar-refractivity contribution < 1.29 is 8.42 Å². The van der Waals surface area contributed by atoms with Crippen LogP contribution < -0.4 is 0 Å². The van der Waals surface area contributed by atoms with Crippen molar-refractivity contribution in [2.24, 2.45) is 7.05 Å². The first-order valence-corrected chi connectivity index (χ1v) is 8.56. The Balaban J connectivity index is 2.05. The number of aryl methyl sites for hydroxylation is 1. The van der Waals surface area contributed by atoms with Crippen molar-refractivity contribution >= 4 is 10.0 Å². The molecule has 1 unspecified atom stereocenters. The summed E-state index contributed by atoms with van der Waals surface area (Å²) in [6.45, 7) is 4.06. The second kappa shape index (κ2) is 6.56. The van der Waals surface area contributed by atoms with E-state index in [0.29, 0.717) is 26.2 Å². The average molecular weight is 311 g/mol. The molecule has 0 saturated carbocycles. The maximum atomic E-state index is 12.5. The largest absolute Gasteiger partial charge is 0.285 e. The van der Waals surface area contributed by atoms with Gasteiger partial charge in [-0.2, -0.15) is 14.7 Å². The molecule has 0 aromatic carbocycles. The van der Waals surface area contributed by atoms with Crippen LogP contribution in [0.2, 0.25) is 0 Å². The summed E-state index contributed by atoms with van der Waals surface area (Å²) < 4.78 is 27.9. The van der Waals surface area contributed by atoms with Gasteiger partial charge in [0.15, 0.2) is 5.03 Å². The van der Waals surface area contributed by atoms with Crippen LogP contribution in [0.25, 0.3) is 0 Å². The maximum Gasteiger partial charge on any atom is 0.260 e. The third kappa shape index (κ3) is 3.26. The summed E-state index contributed by atoms with van der Waals surface area (Å²) in [6, 6.07) is 3.70. The molecular formula is C13H21N5O2S. The standard InChI is InChI=1S/C13H21N5O2S/c1-3-4-12(11-14)17-7-9-18(10-8-17)21(19,20)13-5-6-15-16(13)2/h5-6,12H,3-4,7-10H2,1-2H3. The first-order chi connectivity index (χ1) is 10.0. The van der Waals surface area contributed by atoms with Gasteiger partial charge in [0.25, 0.3) is 10.0 Å². The van der Waals surface area contributed by atoms with Crippen LogP contribution >= 0.6 is 0 Å². The summed E-state index contributed by atoms with van der Waals surface area (Å²) in [6.07, 6.45) is 3.26. The van der Waals surface area contributed by atoms with E-state index in [1.54, 1.807) is 7.05 Å². The molecule has 1 saturated heterocycles. The Morgan fingerprint density at radius 2 is 2.05 bits per heavy atom. The first-order valence-electron chi connectivity index (χ1n) is 7.12. The zero-order valence-corrected chi connectivity index (χ0v) is 13.3. The van der Waals surface area contributed by atoms with Crippen molar-refractivity contribution in [2.75, 3.05) is 26.2 Å². The lowest BCUT2D eigenvalue weighted by molar-refractivity contribution is 0.156. The molecule has 2 rings (SSSR count). The van der Waals surface area contributed by atoms with E-state index >= 15 is 0 Å². The van der Waals surface area contributed by atoms with Crippen LogP contribution in [0.1, 0.15) is 19.8 Å². The highest BCUT2D eigenvalue weighted by molar-refractivity contribution is 7.89. The van der Waals surface area contributed by atoms with E-state index in [1.165, 1.54) is 21.3 Å². The van der Waals surface area contributed by atoms with E-state index in [2.05, 4.69) is 16.1 Å². The minimum Gasteiger partial charge on any atom is -0.285 e. The number of piperazine rings is 1. The Labute approximate surface area is 125 Å². The fraction of sp³-hybridized carbons (Fsp3) is 0.692. The summed E-state index contributed by atoms with van der Waals surface area (Å²) >= 11 is 0. The Morgan fingerprint density at radius 3 is 2.52 bits per heavy atom. The lowest BCUT2D eigenvalue weighted by atomic mass is 10.1. The summed E-state index contributed by atoms with van der Waals surface area (Å²) in [5, 5.41) is 13.3. The predicted molar refractivity (Wildman–Crippen MR) is 77.8 cm³/mol. The average Bonchev–Trinajstić information content (AvgIpc) is 2.92. The van der Waals surface area contributed by atoms with Gasteiger partial charge in [0, 0.05) is 33.2 Å². The van der Waals surface area contributed by atoms with E-state index in [4.69, 9.17) is 0 Å². The molecule has 0 bridgehead atoms. The number of nitrogens with zero attached hydrogens (tertiary/aromatic N) is 5. The highest BCUT2D eigenvalue weighted by Gasteiger charge is 2.32. The number of hydrogen-bond donors (Lipinski definition) is 0. The summed E-state index contributed by atoms with van der Waals surface area (Å²) in [5.74, 6) is 0. The van der Waals surface area contributed by atoms with Crippen LogP contribution in [0.3, 0.4) is 0 Å². The number of nitriles is 1. The molecule has 1 atom stereocenters. The fourth-order valence-electron chi connectivity index (χ4n) is 2.60. The summed E-state index contributed by atoms with van der Waals surface area (Å²) in [5.41, 5.74) is 0. The molecule has 1 aliphatic rings. The lowest BCUT2D eigenvalue weighted by Crippen LogP contribution is -2.51. The molecule has 0 amide bonds.